The van der Waals surface area contributed by atoms with E-state index in [0.29, 0.717) is 19.6 Å². The topological polar surface area (TPSA) is 83.5 Å². The van der Waals surface area contributed by atoms with Crippen molar-refractivity contribution < 1.29 is 19.1 Å². The van der Waals surface area contributed by atoms with Crippen molar-refractivity contribution in [2.75, 3.05) is 52.5 Å². The van der Waals surface area contributed by atoms with Crippen molar-refractivity contribution in [2.45, 2.75) is 62.4 Å². The molecule has 1 fully saturated rings. The van der Waals surface area contributed by atoms with Gasteiger partial charge in [-0.3, -0.25) is 14.5 Å². The monoisotopic (exact) mass is 580 g/mol. The molecule has 0 spiro atoms. The van der Waals surface area contributed by atoms with Gasteiger partial charge in [-0.05, 0) is 24.6 Å². The molecule has 0 aromatic heterocycles. The number of carbonyl (C=O) groups is 2. The SMILES string of the molecule is CC(C)NC(CCC(=O)OCCOCCN1CCN(C2=Nc3ccccc3Sc3ccccc32)CC1)C(=O)C(C)C. The summed E-state index contributed by atoms with van der Waals surface area (Å²) in [6.07, 6.45) is 0.664. The van der Waals surface area contributed by atoms with Crippen LogP contribution in [0.2, 0.25) is 0 Å². The number of Topliss-reactive ketones (excluding diaryl/α,β-unsaturated/α-hetero) is 1. The Morgan fingerprint density at radius 2 is 1.63 bits per heavy atom. The second-order valence-electron chi connectivity index (χ2n) is 11.1. The number of fused-ring (bicyclic) bond motifs is 2. The number of benzene rings is 2. The summed E-state index contributed by atoms with van der Waals surface area (Å²) >= 11 is 1.78. The van der Waals surface area contributed by atoms with E-state index in [1.165, 1.54) is 15.4 Å². The third-order valence-electron chi connectivity index (χ3n) is 7.24. The van der Waals surface area contributed by atoms with E-state index in [-0.39, 0.29) is 42.8 Å². The van der Waals surface area contributed by atoms with Crippen molar-refractivity contribution in [1.82, 2.24) is 15.1 Å². The van der Waals surface area contributed by atoms with Gasteiger partial charge in [0.1, 0.15) is 12.4 Å². The second kappa shape index (κ2) is 15.5. The molecule has 2 heterocycles. The highest BCUT2D eigenvalue weighted by molar-refractivity contribution is 7.99. The van der Waals surface area contributed by atoms with Crippen LogP contribution in [0.25, 0.3) is 0 Å². The molecule has 0 saturated carbocycles. The van der Waals surface area contributed by atoms with E-state index in [1.807, 2.05) is 33.8 Å². The minimum atomic E-state index is -0.321. The maximum atomic E-state index is 12.4. The Balaban J connectivity index is 1.15. The summed E-state index contributed by atoms with van der Waals surface area (Å²) in [5, 5.41) is 3.27. The summed E-state index contributed by atoms with van der Waals surface area (Å²) in [5.74, 6) is 0.820. The molecule has 222 valence electrons. The molecule has 1 unspecified atom stereocenters. The maximum Gasteiger partial charge on any atom is 0.305 e. The molecule has 0 bridgehead atoms. The molecule has 2 aromatic rings. The van der Waals surface area contributed by atoms with Gasteiger partial charge in [-0.15, -0.1) is 0 Å². The van der Waals surface area contributed by atoms with Gasteiger partial charge in [-0.1, -0.05) is 69.8 Å². The number of piperazine rings is 1. The van der Waals surface area contributed by atoms with Crippen LogP contribution in [-0.4, -0.2) is 92.0 Å². The summed E-state index contributed by atoms with van der Waals surface area (Å²) in [6, 6.07) is 16.7. The number of carbonyl (C=O) groups excluding carboxylic acids is 2. The predicted molar refractivity (Wildman–Crippen MR) is 164 cm³/mol. The van der Waals surface area contributed by atoms with Crippen LogP contribution in [0, 0.1) is 5.92 Å². The van der Waals surface area contributed by atoms with Gasteiger partial charge in [-0.25, -0.2) is 4.99 Å². The van der Waals surface area contributed by atoms with Crippen LogP contribution >= 0.6 is 11.8 Å². The van der Waals surface area contributed by atoms with Crippen molar-refractivity contribution >= 4 is 35.0 Å². The number of hydrogen-bond acceptors (Lipinski definition) is 9. The van der Waals surface area contributed by atoms with E-state index in [9.17, 15) is 9.59 Å². The summed E-state index contributed by atoms with van der Waals surface area (Å²) in [4.78, 5) is 36.9. The zero-order valence-corrected chi connectivity index (χ0v) is 25.6. The Morgan fingerprint density at radius 1 is 0.927 bits per heavy atom. The fraction of sp³-hybridized carbons (Fsp3) is 0.531. The van der Waals surface area contributed by atoms with Gasteiger partial charge < -0.3 is 19.7 Å². The molecule has 1 atom stereocenters. The standard InChI is InChI=1S/C32H44N4O4S/c1-23(2)31(38)27(33-24(3)4)13-14-30(37)40-22-21-39-20-19-35-15-17-36(18-16-35)32-25-9-5-7-11-28(25)41-29-12-8-6-10-26(29)34-32/h5-12,23-24,27,33H,13-22H2,1-4H3. The maximum absolute atomic E-state index is 12.4. The first kappa shape index (κ1) is 31.2. The van der Waals surface area contributed by atoms with E-state index < -0.39 is 0 Å². The van der Waals surface area contributed by atoms with Crippen LogP contribution in [0.5, 0.6) is 0 Å². The first-order valence-electron chi connectivity index (χ1n) is 14.8. The zero-order valence-electron chi connectivity index (χ0n) is 24.8. The van der Waals surface area contributed by atoms with Gasteiger partial charge in [0.05, 0.1) is 24.9 Å². The average Bonchev–Trinajstić information content (AvgIpc) is 3.13. The normalized spacial score (nSPS) is 16.1. The van der Waals surface area contributed by atoms with E-state index in [2.05, 4.69) is 57.6 Å². The van der Waals surface area contributed by atoms with Crippen LogP contribution in [-0.2, 0) is 19.1 Å². The van der Waals surface area contributed by atoms with Crippen LogP contribution in [0.3, 0.4) is 0 Å². The highest BCUT2D eigenvalue weighted by Crippen LogP contribution is 2.40. The third kappa shape index (κ3) is 9.13. The highest BCUT2D eigenvalue weighted by Gasteiger charge is 2.25. The first-order valence-corrected chi connectivity index (χ1v) is 15.6. The summed E-state index contributed by atoms with van der Waals surface area (Å²) in [6.45, 7) is 13.5. The Kier molecular flexibility index (Phi) is 11.8. The summed E-state index contributed by atoms with van der Waals surface area (Å²) in [5.41, 5.74) is 2.22. The smallest absolute Gasteiger partial charge is 0.305 e. The van der Waals surface area contributed by atoms with Gasteiger partial charge in [0.25, 0.3) is 0 Å². The molecule has 0 radical (unpaired) electrons. The van der Waals surface area contributed by atoms with Gasteiger partial charge in [0.2, 0.25) is 0 Å². The van der Waals surface area contributed by atoms with Gasteiger partial charge in [-0.2, -0.15) is 0 Å². The Hall–Kier alpha value is -2.72. The highest BCUT2D eigenvalue weighted by atomic mass is 32.2. The van der Waals surface area contributed by atoms with Crippen LogP contribution < -0.4 is 5.32 Å². The number of amidine groups is 1. The lowest BCUT2D eigenvalue weighted by Gasteiger charge is -2.36. The van der Waals surface area contributed by atoms with Crippen molar-refractivity contribution in [3.05, 3.63) is 54.1 Å². The number of rotatable bonds is 13. The van der Waals surface area contributed by atoms with E-state index in [4.69, 9.17) is 14.5 Å². The molecular formula is C32H44N4O4S. The van der Waals surface area contributed by atoms with Crippen LogP contribution in [0.4, 0.5) is 5.69 Å². The number of ether oxygens (including phenoxy) is 2. The van der Waals surface area contributed by atoms with Gasteiger partial charge in [0, 0.05) is 66.5 Å². The molecule has 41 heavy (non-hydrogen) atoms. The molecule has 0 aliphatic carbocycles. The Morgan fingerprint density at radius 3 is 2.37 bits per heavy atom. The lowest BCUT2D eigenvalue weighted by atomic mass is 9.97. The minimum absolute atomic E-state index is 0.0717. The number of aliphatic imine (C=N–C) groups is 1. The lowest BCUT2D eigenvalue weighted by molar-refractivity contribution is -0.145. The molecule has 1 saturated heterocycles. The quantitative estimate of drug-likeness (QED) is 0.268. The predicted octanol–water partition coefficient (Wildman–Crippen LogP) is 4.78. The molecule has 9 heteroatoms. The summed E-state index contributed by atoms with van der Waals surface area (Å²) in [7, 11) is 0. The first-order chi connectivity index (χ1) is 19.8. The Labute approximate surface area is 248 Å². The molecular weight excluding hydrogens is 536 g/mol. The van der Waals surface area contributed by atoms with Crippen molar-refractivity contribution in [3.63, 3.8) is 0 Å². The molecule has 2 aliphatic rings. The molecule has 4 rings (SSSR count). The van der Waals surface area contributed by atoms with Gasteiger partial charge >= 0.3 is 5.97 Å². The molecule has 2 aromatic carbocycles. The largest absolute Gasteiger partial charge is 0.463 e. The third-order valence-corrected chi connectivity index (χ3v) is 8.38. The molecule has 8 nitrogen and oxygen atoms in total. The fourth-order valence-corrected chi connectivity index (χ4v) is 6.07. The zero-order chi connectivity index (χ0) is 29.2. The fourth-order valence-electron chi connectivity index (χ4n) is 5.05. The summed E-state index contributed by atoms with van der Waals surface area (Å²) < 4.78 is 11.1. The minimum Gasteiger partial charge on any atom is -0.463 e. The van der Waals surface area contributed by atoms with Crippen LogP contribution in [0.1, 0.15) is 46.1 Å². The van der Waals surface area contributed by atoms with Crippen molar-refractivity contribution in [3.8, 4) is 0 Å². The molecule has 0 amide bonds. The van der Waals surface area contributed by atoms with Crippen LogP contribution in [0.15, 0.2) is 63.3 Å². The van der Waals surface area contributed by atoms with E-state index >= 15 is 0 Å². The number of nitrogens with one attached hydrogen (secondary N) is 1. The van der Waals surface area contributed by atoms with Crippen molar-refractivity contribution in [2.24, 2.45) is 10.9 Å². The molecule has 1 N–H and O–H groups in total. The number of esters is 1. The number of para-hydroxylation sites is 1. The molecule has 2 aliphatic heterocycles. The van der Waals surface area contributed by atoms with Crippen molar-refractivity contribution in [1.29, 1.82) is 0 Å². The number of hydrogen-bond donors (Lipinski definition) is 1. The van der Waals surface area contributed by atoms with E-state index in [1.54, 1.807) is 11.8 Å². The number of ketones is 1. The Bertz CT molecular complexity index is 1190. The average molecular weight is 581 g/mol. The van der Waals surface area contributed by atoms with E-state index in [0.717, 1.165) is 44.2 Å². The van der Waals surface area contributed by atoms with Gasteiger partial charge in [0.15, 0.2) is 5.78 Å². The number of nitrogens with zero attached hydrogens (tertiary/aromatic N) is 3. The lowest BCUT2D eigenvalue weighted by Crippen LogP contribution is -2.49. The second-order valence-corrected chi connectivity index (χ2v) is 12.2.